The van der Waals surface area contributed by atoms with Crippen molar-refractivity contribution >= 4 is 29.2 Å². The van der Waals surface area contributed by atoms with Gasteiger partial charge in [0.05, 0.1) is 54.1 Å². The Labute approximate surface area is 205 Å². The number of aryl methyl sites for hydroxylation is 1. The second-order valence-corrected chi connectivity index (χ2v) is 11.3. The largest absolute Gasteiger partial charge is 0.458 e. The van der Waals surface area contributed by atoms with Gasteiger partial charge in [0.25, 0.3) is 0 Å². The molecule has 0 radical (unpaired) electrons. The second-order valence-electron chi connectivity index (χ2n) is 10.2. The maximum absolute atomic E-state index is 13.1. The average Bonchev–Trinajstić information content (AvgIpc) is 3.38. The van der Waals surface area contributed by atoms with Gasteiger partial charge in [-0.2, -0.15) is 0 Å². The number of Topliss-reactive ketones (excluding diaryl/α,β-unsaturated/α-hetero) is 1. The molecule has 2 fully saturated rings. The van der Waals surface area contributed by atoms with Crippen molar-refractivity contribution in [1.82, 2.24) is 4.98 Å². The van der Waals surface area contributed by atoms with Crippen LogP contribution in [0.1, 0.15) is 58.2 Å². The molecule has 0 spiro atoms. The maximum atomic E-state index is 13.1. The highest BCUT2D eigenvalue weighted by Crippen LogP contribution is 2.34. The third-order valence-corrected chi connectivity index (χ3v) is 7.72. The first-order valence-electron chi connectivity index (χ1n) is 11.8. The molecule has 2 N–H and O–H groups in total. The van der Waals surface area contributed by atoms with Gasteiger partial charge in [0.2, 0.25) is 0 Å². The summed E-state index contributed by atoms with van der Waals surface area (Å²) in [7, 11) is 0. The van der Waals surface area contributed by atoms with Crippen LogP contribution in [0.4, 0.5) is 0 Å². The molecule has 2 aliphatic rings. The number of aliphatic hydroxyl groups is 2. The van der Waals surface area contributed by atoms with Crippen LogP contribution in [0.15, 0.2) is 11.0 Å². The normalized spacial score (nSPS) is 36.0. The van der Waals surface area contributed by atoms with Crippen molar-refractivity contribution in [3.63, 3.8) is 0 Å². The van der Waals surface area contributed by atoms with Crippen molar-refractivity contribution in [2.45, 2.75) is 84.9 Å². The van der Waals surface area contributed by atoms with Crippen LogP contribution in [0.25, 0.3) is 6.08 Å². The quantitative estimate of drug-likeness (QED) is 0.475. The van der Waals surface area contributed by atoms with Gasteiger partial charge < -0.3 is 24.4 Å². The molecule has 1 aromatic heterocycles. The lowest BCUT2D eigenvalue weighted by atomic mass is 9.73. The predicted molar refractivity (Wildman–Crippen MR) is 128 cm³/mol. The lowest BCUT2D eigenvalue weighted by Gasteiger charge is -2.34. The molecule has 1 aromatic rings. The average molecular weight is 496 g/mol. The number of carbonyl (C=O) groups is 2. The first-order valence-corrected chi connectivity index (χ1v) is 12.7. The number of epoxide rings is 1. The summed E-state index contributed by atoms with van der Waals surface area (Å²) in [4.78, 5) is 30.4. The summed E-state index contributed by atoms with van der Waals surface area (Å²) in [6.07, 6.45) is -0.942. The number of carbonyl (C=O) groups excluding carboxylic acids is 2. The van der Waals surface area contributed by atoms with E-state index in [2.05, 4.69) is 4.98 Å². The highest BCUT2D eigenvalue weighted by atomic mass is 32.1. The van der Waals surface area contributed by atoms with Crippen molar-refractivity contribution < 1.29 is 34.0 Å². The minimum atomic E-state index is -1.25. The standard InChI is InChI=1S/C25H37NO7S/c1-13(7-17-12-34-16(4)26-17)18-8-19-20(32-19)11-31-10-14(2)23(29)15(3)24(30)25(5,6)21(27)9-22(28)33-18/h7,12,14-15,18-21,23,27,29H,8-11H2,1-6H3/b13-7+. The van der Waals surface area contributed by atoms with Crippen LogP contribution in [-0.4, -0.2) is 70.7 Å². The Morgan fingerprint density at radius 1 is 1.21 bits per heavy atom. The van der Waals surface area contributed by atoms with E-state index in [0.717, 1.165) is 16.3 Å². The Morgan fingerprint density at radius 2 is 1.91 bits per heavy atom. The number of fused-ring (bicyclic) bond motifs is 1. The van der Waals surface area contributed by atoms with Crippen molar-refractivity contribution in [1.29, 1.82) is 0 Å². The monoisotopic (exact) mass is 495 g/mol. The van der Waals surface area contributed by atoms with Crippen LogP contribution in [-0.2, 0) is 23.8 Å². The van der Waals surface area contributed by atoms with Crippen LogP contribution >= 0.6 is 11.3 Å². The minimum absolute atomic E-state index is 0.114. The summed E-state index contributed by atoms with van der Waals surface area (Å²) in [5.41, 5.74) is 0.387. The van der Waals surface area contributed by atoms with Crippen LogP contribution < -0.4 is 0 Å². The van der Waals surface area contributed by atoms with Gasteiger partial charge in [0.1, 0.15) is 18.0 Å². The first kappa shape index (κ1) is 26.9. The van der Waals surface area contributed by atoms with Gasteiger partial charge in [-0.05, 0) is 25.5 Å². The van der Waals surface area contributed by atoms with Crippen molar-refractivity contribution in [3.05, 3.63) is 21.7 Å². The molecule has 0 saturated carbocycles. The van der Waals surface area contributed by atoms with Crippen LogP contribution in [0.5, 0.6) is 0 Å². The van der Waals surface area contributed by atoms with Crippen molar-refractivity contribution in [2.24, 2.45) is 17.3 Å². The van der Waals surface area contributed by atoms with Gasteiger partial charge >= 0.3 is 5.97 Å². The summed E-state index contributed by atoms with van der Waals surface area (Å²) in [6, 6.07) is 0. The topological polar surface area (TPSA) is 118 Å². The second kappa shape index (κ2) is 11.0. The lowest BCUT2D eigenvalue weighted by Crippen LogP contribution is -2.46. The van der Waals surface area contributed by atoms with E-state index in [1.54, 1.807) is 32.1 Å². The Bertz CT molecular complexity index is 911. The SMILES string of the molecule is C/C(=C\c1csc(C)n1)C1CC2OC2COCC(C)C(O)C(C)C(=O)C(C)(C)C(O)CC(=O)O1. The fourth-order valence-corrected chi connectivity index (χ4v) is 4.90. The third-order valence-electron chi connectivity index (χ3n) is 6.93. The van der Waals surface area contributed by atoms with E-state index in [1.807, 2.05) is 32.2 Å². The minimum Gasteiger partial charge on any atom is -0.458 e. The fourth-order valence-electron chi connectivity index (χ4n) is 4.33. The number of esters is 1. The molecule has 7 atom stereocenters. The number of thiazole rings is 1. The van der Waals surface area contributed by atoms with E-state index >= 15 is 0 Å². The van der Waals surface area contributed by atoms with Gasteiger partial charge in [-0.15, -0.1) is 11.3 Å². The number of ether oxygens (including phenoxy) is 3. The highest BCUT2D eigenvalue weighted by molar-refractivity contribution is 7.09. The molecule has 0 bridgehead atoms. The number of nitrogens with zero attached hydrogens (tertiary/aromatic N) is 1. The summed E-state index contributed by atoms with van der Waals surface area (Å²) < 4.78 is 17.3. The Balaban J connectivity index is 1.81. The van der Waals surface area contributed by atoms with E-state index in [9.17, 15) is 19.8 Å². The van der Waals surface area contributed by atoms with E-state index in [1.165, 1.54) is 0 Å². The molecule has 34 heavy (non-hydrogen) atoms. The molecular formula is C25H37NO7S. The van der Waals surface area contributed by atoms with Gasteiger partial charge in [0.15, 0.2) is 0 Å². The lowest BCUT2D eigenvalue weighted by molar-refractivity contribution is -0.154. The number of cyclic esters (lactones) is 1. The molecule has 2 aliphatic heterocycles. The molecule has 7 unspecified atom stereocenters. The number of hydrogen-bond donors (Lipinski definition) is 2. The van der Waals surface area contributed by atoms with Gasteiger partial charge in [-0.25, -0.2) is 4.98 Å². The Hall–Kier alpha value is -1.65. The summed E-state index contributed by atoms with van der Waals surface area (Å²) in [5, 5.41) is 24.4. The van der Waals surface area contributed by atoms with E-state index < -0.39 is 35.6 Å². The molecule has 8 nitrogen and oxygen atoms in total. The van der Waals surface area contributed by atoms with Crippen LogP contribution in [0.2, 0.25) is 0 Å². The van der Waals surface area contributed by atoms with Crippen LogP contribution in [0.3, 0.4) is 0 Å². The summed E-state index contributed by atoms with van der Waals surface area (Å²) in [5.74, 6) is -1.91. The van der Waals surface area contributed by atoms with Gasteiger partial charge in [-0.3, -0.25) is 9.59 Å². The van der Waals surface area contributed by atoms with Crippen LogP contribution in [0, 0.1) is 24.2 Å². The zero-order chi connectivity index (χ0) is 25.2. The molecule has 3 heterocycles. The zero-order valence-electron chi connectivity index (χ0n) is 20.8. The molecule has 0 aromatic carbocycles. The molecule has 3 rings (SSSR count). The summed E-state index contributed by atoms with van der Waals surface area (Å²) >= 11 is 1.54. The zero-order valence-corrected chi connectivity index (χ0v) is 21.6. The molecule has 0 aliphatic carbocycles. The fraction of sp³-hybridized carbons (Fsp3) is 0.720. The number of ketones is 1. The van der Waals surface area contributed by atoms with E-state index in [4.69, 9.17) is 14.2 Å². The van der Waals surface area contributed by atoms with Crippen molar-refractivity contribution in [3.8, 4) is 0 Å². The van der Waals surface area contributed by atoms with E-state index in [0.29, 0.717) is 13.0 Å². The van der Waals surface area contributed by atoms with Crippen molar-refractivity contribution in [2.75, 3.05) is 13.2 Å². The first-order chi connectivity index (χ1) is 15.9. The predicted octanol–water partition coefficient (Wildman–Crippen LogP) is 2.93. The molecule has 190 valence electrons. The van der Waals surface area contributed by atoms with Gasteiger partial charge in [0, 0.05) is 23.6 Å². The Kier molecular flexibility index (Phi) is 8.68. The molecule has 0 amide bonds. The maximum Gasteiger partial charge on any atom is 0.309 e. The smallest absolute Gasteiger partial charge is 0.309 e. The number of hydrogen-bond acceptors (Lipinski definition) is 9. The molecule has 9 heteroatoms. The number of rotatable bonds is 2. The van der Waals surface area contributed by atoms with Gasteiger partial charge in [-0.1, -0.05) is 27.7 Å². The number of aromatic nitrogens is 1. The molecule has 2 saturated heterocycles. The Morgan fingerprint density at radius 3 is 2.56 bits per heavy atom. The third kappa shape index (κ3) is 6.51. The summed E-state index contributed by atoms with van der Waals surface area (Å²) in [6.45, 7) is 11.1. The molecular weight excluding hydrogens is 458 g/mol. The highest BCUT2D eigenvalue weighted by Gasteiger charge is 2.44. The number of aliphatic hydroxyl groups excluding tert-OH is 2. The van der Waals surface area contributed by atoms with E-state index in [-0.39, 0.29) is 36.9 Å².